The number of primary amides is 1. The normalized spacial score (nSPS) is 31.3. The van der Waals surface area contributed by atoms with E-state index < -0.39 is 5.54 Å². The number of hydrogen-bond acceptors (Lipinski definition) is 3. The van der Waals surface area contributed by atoms with Crippen LogP contribution in [0.3, 0.4) is 0 Å². The highest BCUT2D eigenvalue weighted by molar-refractivity contribution is 5.85. The number of carbonyl (C=O) groups is 1. The Bertz CT molecular complexity index is 480. The molecule has 2 fully saturated rings. The second-order valence-electron chi connectivity index (χ2n) is 6.00. The van der Waals surface area contributed by atoms with Crippen molar-refractivity contribution < 1.29 is 4.79 Å². The summed E-state index contributed by atoms with van der Waals surface area (Å²) in [5.41, 5.74) is 5.19. The number of nitrogens with two attached hydrogens (primary N) is 1. The molecule has 1 aromatic heterocycles. The van der Waals surface area contributed by atoms with Gasteiger partial charge in [-0.05, 0) is 45.4 Å². The first-order valence-corrected chi connectivity index (χ1v) is 7.18. The van der Waals surface area contributed by atoms with E-state index in [1.165, 1.54) is 12.8 Å². The Morgan fingerprint density at radius 2 is 2.32 bits per heavy atom. The summed E-state index contributed by atoms with van der Waals surface area (Å²) >= 11 is 0. The van der Waals surface area contributed by atoms with Crippen LogP contribution >= 0.6 is 0 Å². The van der Waals surface area contributed by atoms with E-state index in [1.54, 1.807) is 0 Å². The van der Waals surface area contributed by atoms with Gasteiger partial charge >= 0.3 is 0 Å². The maximum absolute atomic E-state index is 12.0. The SMILES string of the molecule is Cc1nccn1C1CCCC(NC2CC2)(C(N)=O)C1. The molecular formula is C14H22N4O. The number of rotatable bonds is 4. The average molecular weight is 262 g/mol. The zero-order valence-corrected chi connectivity index (χ0v) is 11.4. The number of nitrogens with one attached hydrogen (secondary N) is 1. The van der Waals surface area contributed by atoms with Crippen molar-refractivity contribution in [3.63, 3.8) is 0 Å². The van der Waals surface area contributed by atoms with Gasteiger partial charge in [0.2, 0.25) is 5.91 Å². The van der Waals surface area contributed by atoms with Gasteiger partial charge in [0, 0.05) is 24.5 Å². The summed E-state index contributed by atoms with van der Waals surface area (Å²) in [5.74, 6) is 0.818. The van der Waals surface area contributed by atoms with E-state index in [0.717, 1.165) is 31.5 Å². The van der Waals surface area contributed by atoms with E-state index in [9.17, 15) is 4.79 Å². The average Bonchev–Trinajstić information content (AvgIpc) is 3.08. The highest BCUT2D eigenvalue weighted by atomic mass is 16.1. The Labute approximate surface area is 113 Å². The molecule has 3 rings (SSSR count). The first-order chi connectivity index (χ1) is 9.11. The van der Waals surface area contributed by atoms with Gasteiger partial charge in [0.15, 0.2) is 0 Å². The van der Waals surface area contributed by atoms with Crippen LogP contribution in [0.2, 0.25) is 0 Å². The third kappa shape index (κ3) is 2.39. The van der Waals surface area contributed by atoms with Crippen LogP contribution in [-0.2, 0) is 4.79 Å². The van der Waals surface area contributed by atoms with Crippen LogP contribution in [0.15, 0.2) is 12.4 Å². The predicted octanol–water partition coefficient (Wildman–Crippen LogP) is 1.28. The lowest BCUT2D eigenvalue weighted by molar-refractivity contribution is -0.126. The fourth-order valence-corrected chi connectivity index (χ4v) is 3.30. The van der Waals surface area contributed by atoms with Crippen molar-refractivity contribution in [1.82, 2.24) is 14.9 Å². The topological polar surface area (TPSA) is 72.9 Å². The quantitative estimate of drug-likeness (QED) is 0.858. The summed E-state index contributed by atoms with van der Waals surface area (Å²) in [6, 6.07) is 0.824. The number of nitrogens with zero attached hydrogens (tertiary/aromatic N) is 2. The van der Waals surface area contributed by atoms with Crippen molar-refractivity contribution in [3.8, 4) is 0 Å². The molecule has 1 aromatic rings. The van der Waals surface area contributed by atoms with Crippen molar-refractivity contribution in [2.24, 2.45) is 5.73 Å². The largest absolute Gasteiger partial charge is 0.368 e. The van der Waals surface area contributed by atoms with E-state index in [0.29, 0.717) is 12.1 Å². The Kier molecular flexibility index (Phi) is 3.09. The summed E-state index contributed by atoms with van der Waals surface area (Å²) in [4.78, 5) is 16.3. The molecule has 5 heteroatoms. The molecule has 104 valence electrons. The second-order valence-corrected chi connectivity index (χ2v) is 6.00. The molecule has 2 aliphatic carbocycles. The standard InChI is InChI=1S/C14H22N4O/c1-10-16-7-8-18(10)12-3-2-6-14(9-12,13(15)19)17-11-4-5-11/h7-8,11-12,17H,2-6,9H2,1H3,(H2,15,19). The minimum absolute atomic E-state index is 0.193. The second kappa shape index (κ2) is 4.63. The lowest BCUT2D eigenvalue weighted by atomic mass is 9.78. The molecule has 0 saturated heterocycles. The van der Waals surface area contributed by atoms with Crippen molar-refractivity contribution in [2.45, 2.75) is 63.1 Å². The molecule has 3 N–H and O–H groups in total. The minimum atomic E-state index is -0.513. The summed E-state index contributed by atoms with van der Waals surface area (Å²) in [6.45, 7) is 2.01. The smallest absolute Gasteiger partial charge is 0.237 e. The van der Waals surface area contributed by atoms with E-state index in [4.69, 9.17) is 5.73 Å². The summed E-state index contributed by atoms with van der Waals surface area (Å²) < 4.78 is 2.19. The van der Waals surface area contributed by atoms with Gasteiger partial charge in [-0.3, -0.25) is 4.79 Å². The van der Waals surface area contributed by atoms with Crippen molar-refractivity contribution in [1.29, 1.82) is 0 Å². The van der Waals surface area contributed by atoms with Gasteiger partial charge in [0.1, 0.15) is 5.82 Å². The fraction of sp³-hybridized carbons (Fsp3) is 0.714. The number of carbonyl (C=O) groups excluding carboxylic acids is 1. The highest BCUT2D eigenvalue weighted by Crippen LogP contribution is 2.38. The molecule has 19 heavy (non-hydrogen) atoms. The Balaban J connectivity index is 1.82. The molecule has 1 amide bonds. The summed E-state index contributed by atoms with van der Waals surface area (Å²) in [5, 5.41) is 3.51. The van der Waals surface area contributed by atoms with E-state index >= 15 is 0 Å². The summed E-state index contributed by atoms with van der Waals surface area (Å²) in [7, 11) is 0. The fourth-order valence-electron chi connectivity index (χ4n) is 3.30. The monoisotopic (exact) mass is 262 g/mol. The molecule has 0 bridgehead atoms. The molecular weight excluding hydrogens is 240 g/mol. The Morgan fingerprint density at radius 1 is 1.53 bits per heavy atom. The minimum Gasteiger partial charge on any atom is -0.368 e. The molecule has 0 aliphatic heterocycles. The molecule has 5 nitrogen and oxygen atoms in total. The maximum atomic E-state index is 12.0. The van der Waals surface area contributed by atoms with Crippen LogP contribution in [0.4, 0.5) is 0 Å². The van der Waals surface area contributed by atoms with Crippen molar-refractivity contribution >= 4 is 5.91 Å². The first kappa shape index (κ1) is 12.7. The number of amides is 1. The van der Waals surface area contributed by atoms with Gasteiger partial charge in [-0.15, -0.1) is 0 Å². The van der Waals surface area contributed by atoms with E-state index in [2.05, 4.69) is 14.9 Å². The molecule has 0 spiro atoms. The van der Waals surface area contributed by atoms with Gasteiger partial charge in [0.05, 0.1) is 5.54 Å². The highest BCUT2D eigenvalue weighted by Gasteiger charge is 2.45. The van der Waals surface area contributed by atoms with Gasteiger partial charge in [-0.1, -0.05) is 0 Å². The zero-order chi connectivity index (χ0) is 13.5. The lowest BCUT2D eigenvalue weighted by Crippen LogP contribution is -2.58. The summed E-state index contributed by atoms with van der Waals surface area (Å²) in [6.07, 6.45) is 9.95. The van der Waals surface area contributed by atoms with Gasteiger partial charge in [0.25, 0.3) is 0 Å². The Morgan fingerprint density at radius 3 is 2.89 bits per heavy atom. The predicted molar refractivity (Wildman–Crippen MR) is 72.6 cm³/mol. The van der Waals surface area contributed by atoms with Crippen molar-refractivity contribution in [3.05, 3.63) is 18.2 Å². The molecule has 0 aromatic carbocycles. The molecule has 1 heterocycles. The van der Waals surface area contributed by atoms with Crippen LogP contribution in [0.5, 0.6) is 0 Å². The van der Waals surface area contributed by atoms with Crippen LogP contribution in [-0.4, -0.2) is 27.0 Å². The molecule has 0 radical (unpaired) electrons. The van der Waals surface area contributed by atoms with Gasteiger partial charge < -0.3 is 15.6 Å². The molecule has 2 atom stereocenters. The number of imidazole rings is 1. The van der Waals surface area contributed by atoms with Gasteiger partial charge in [-0.2, -0.15) is 0 Å². The van der Waals surface area contributed by atoms with Gasteiger partial charge in [-0.25, -0.2) is 4.98 Å². The van der Waals surface area contributed by atoms with E-state index in [1.807, 2.05) is 19.3 Å². The maximum Gasteiger partial charge on any atom is 0.237 e. The van der Waals surface area contributed by atoms with Crippen LogP contribution in [0.25, 0.3) is 0 Å². The Hall–Kier alpha value is -1.36. The third-order valence-corrected chi connectivity index (χ3v) is 4.51. The van der Waals surface area contributed by atoms with Crippen LogP contribution < -0.4 is 11.1 Å². The number of hydrogen-bond donors (Lipinski definition) is 2. The lowest BCUT2D eigenvalue weighted by Gasteiger charge is -2.40. The van der Waals surface area contributed by atoms with Crippen LogP contribution in [0.1, 0.15) is 50.4 Å². The molecule has 2 saturated carbocycles. The first-order valence-electron chi connectivity index (χ1n) is 7.18. The van der Waals surface area contributed by atoms with E-state index in [-0.39, 0.29) is 5.91 Å². The van der Waals surface area contributed by atoms with Crippen molar-refractivity contribution in [2.75, 3.05) is 0 Å². The number of aromatic nitrogens is 2. The number of aryl methyl sites for hydroxylation is 1. The third-order valence-electron chi connectivity index (χ3n) is 4.51. The zero-order valence-electron chi connectivity index (χ0n) is 11.4. The van der Waals surface area contributed by atoms with Crippen LogP contribution in [0, 0.1) is 6.92 Å². The molecule has 2 unspecified atom stereocenters. The molecule has 2 aliphatic rings.